The maximum Gasteiger partial charge on any atom is 0.0705 e. The highest BCUT2D eigenvalue weighted by Gasteiger charge is 2.09. The SMILES string of the molecule is OC(Cc1cccc(Br)c1)Cc1ccc2ccccc2n1. The number of benzene rings is 2. The Labute approximate surface area is 132 Å². The Morgan fingerprint density at radius 2 is 1.81 bits per heavy atom. The van der Waals surface area contributed by atoms with Crippen molar-refractivity contribution >= 4 is 26.8 Å². The van der Waals surface area contributed by atoms with Gasteiger partial charge >= 0.3 is 0 Å². The van der Waals surface area contributed by atoms with E-state index in [4.69, 9.17) is 0 Å². The lowest BCUT2D eigenvalue weighted by Gasteiger charge is -2.11. The molecular weight excluding hydrogens is 326 g/mol. The van der Waals surface area contributed by atoms with Gasteiger partial charge in [0.15, 0.2) is 0 Å². The predicted molar refractivity (Wildman–Crippen MR) is 89.3 cm³/mol. The molecule has 0 bridgehead atoms. The molecule has 1 atom stereocenters. The van der Waals surface area contributed by atoms with E-state index in [9.17, 15) is 5.11 Å². The third-order valence-corrected chi connectivity index (χ3v) is 3.95. The summed E-state index contributed by atoms with van der Waals surface area (Å²) in [6.07, 6.45) is 0.777. The predicted octanol–water partition coefficient (Wildman–Crippen LogP) is 4.14. The standard InChI is InChI=1S/C18H16BrNO/c19-15-6-3-4-13(10-15)11-17(21)12-16-9-8-14-5-1-2-7-18(14)20-16/h1-10,17,21H,11-12H2. The Bertz CT molecular complexity index is 757. The van der Waals surface area contributed by atoms with E-state index in [0.29, 0.717) is 12.8 Å². The molecule has 106 valence electrons. The van der Waals surface area contributed by atoms with E-state index in [-0.39, 0.29) is 0 Å². The summed E-state index contributed by atoms with van der Waals surface area (Å²) in [5.74, 6) is 0. The largest absolute Gasteiger partial charge is 0.392 e. The lowest BCUT2D eigenvalue weighted by molar-refractivity contribution is 0.174. The van der Waals surface area contributed by atoms with Crippen LogP contribution in [0.5, 0.6) is 0 Å². The van der Waals surface area contributed by atoms with Gasteiger partial charge in [-0.15, -0.1) is 0 Å². The summed E-state index contributed by atoms with van der Waals surface area (Å²) >= 11 is 3.45. The van der Waals surface area contributed by atoms with Crippen LogP contribution in [0, 0.1) is 0 Å². The number of nitrogens with zero attached hydrogens (tertiary/aromatic N) is 1. The van der Waals surface area contributed by atoms with Gasteiger partial charge in [0.2, 0.25) is 0 Å². The highest BCUT2D eigenvalue weighted by molar-refractivity contribution is 9.10. The van der Waals surface area contributed by atoms with Gasteiger partial charge in [-0.05, 0) is 36.2 Å². The van der Waals surface area contributed by atoms with Gasteiger partial charge in [0.1, 0.15) is 0 Å². The van der Waals surface area contributed by atoms with Gasteiger partial charge in [-0.2, -0.15) is 0 Å². The molecule has 0 aliphatic carbocycles. The zero-order valence-corrected chi connectivity index (χ0v) is 13.1. The van der Waals surface area contributed by atoms with E-state index < -0.39 is 6.10 Å². The van der Waals surface area contributed by atoms with Crippen LogP contribution < -0.4 is 0 Å². The highest BCUT2D eigenvalue weighted by Crippen LogP contribution is 2.16. The van der Waals surface area contributed by atoms with Crippen LogP contribution in [0.25, 0.3) is 10.9 Å². The van der Waals surface area contributed by atoms with Gasteiger partial charge in [-0.1, -0.05) is 52.3 Å². The van der Waals surface area contributed by atoms with Crippen LogP contribution >= 0.6 is 15.9 Å². The van der Waals surface area contributed by atoms with Crippen molar-refractivity contribution in [1.29, 1.82) is 0 Å². The van der Waals surface area contributed by atoms with E-state index in [1.165, 1.54) is 0 Å². The lowest BCUT2D eigenvalue weighted by Crippen LogP contribution is -2.14. The van der Waals surface area contributed by atoms with Crippen molar-refractivity contribution in [2.24, 2.45) is 0 Å². The molecule has 0 radical (unpaired) electrons. The Kier molecular flexibility index (Phi) is 4.32. The Balaban J connectivity index is 1.72. The summed E-state index contributed by atoms with van der Waals surface area (Å²) in [5, 5.41) is 11.4. The van der Waals surface area contributed by atoms with Gasteiger partial charge in [-0.3, -0.25) is 4.98 Å². The molecule has 0 fully saturated rings. The van der Waals surface area contributed by atoms with Gasteiger partial charge in [0.25, 0.3) is 0 Å². The molecule has 1 heterocycles. The van der Waals surface area contributed by atoms with E-state index >= 15 is 0 Å². The van der Waals surface area contributed by atoms with Gasteiger partial charge in [-0.25, -0.2) is 0 Å². The number of rotatable bonds is 4. The van der Waals surface area contributed by atoms with Crippen LogP contribution in [0.2, 0.25) is 0 Å². The fourth-order valence-electron chi connectivity index (χ4n) is 2.47. The second-order valence-electron chi connectivity index (χ2n) is 5.19. The molecule has 2 nitrogen and oxygen atoms in total. The quantitative estimate of drug-likeness (QED) is 0.773. The number of aromatic nitrogens is 1. The fourth-order valence-corrected chi connectivity index (χ4v) is 2.92. The summed E-state index contributed by atoms with van der Waals surface area (Å²) in [4.78, 5) is 4.61. The number of aliphatic hydroxyl groups excluding tert-OH is 1. The molecule has 1 unspecified atom stereocenters. The Morgan fingerprint density at radius 1 is 0.952 bits per heavy atom. The maximum atomic E-state index is 10.3. The van der Waals surface area contributed by atoms with Crippen LogP contribution in [-0.4, -0.2) is 16.2 Å². The van der Waals surface area contributed by atoms with Gasteiger partial charge < -0.3 is 5.11 Å². The molecule has 3 aromatic rings. The summed E-state index contributed by atoms with van der Waals surface area (Å²) in [5.41, 5.74) is 3.03. The number of hydrogen-bond donors (Lipinski definition) is 1. The van der Waals surface area contributed by atoms with Crippen LogP contribution in [0.4, 0.5) is 0 Å². The normalized spacial score (nSPS) is 12.5. The Hall–Kier alpha value is -1.71. The monoisotopic (exact) mass is 341 g/mol. The summed E-state index contributed by atoms with van der Waals surface area (Å²) in [6.45, 7) is 0. The zero-order valence-electron chi connectivity index (χ0n) is 11.5. The molecular formula is C18H16BrNO. The second kappa shape index (κ2) is 6.37. The maximum absolute atomic E-state index is 10.3. The van der Waals surface area contributed by atoms with Crippen molar-refractivity contribution in [3.8, 4) is 0 Å². The molecule has 1 aromatic heterocycles. The molecule has 0 aliphatic heterocycles. The summed E-state index contributed by atoms with van der Waals surface area (Å²) in [7, 11) is 0. The third kappa shape index (κ3) is 3.69. The van der Waals surface area contributed by atoms with Crippen molar-refractivity contribution < 1.29 is 5.11 Å². The molecule has 3 rings (SSSR count). The average molecular weight is 342 g/mol. The molecule has 0 aliphatic rings. The molecule has 0 saturated carbocycles. The van der Waals surface area contributed by atoms with Crippen LogP contribution in [-0.2, 0) is 12.8 Å². The van der Waals surface area contributed by atoms with Gasteiger partial charge in [0.05, 0.1) is 11.6 Å². The van der Waals surface area contributed by atoms with Crippen molar-refractivity contribution in [3.05, 3.63) is 76.4 Å². The van der Waals surface area contributed by atoms with Crippen molar-refractivity contribution in [1.82, 2.24) is 4.98 Å². The van der Waals surface area contributed by atoms with Crippen molar-refractivity contribution in [3.63, 3.8) is 0 Å². The molecule has 2 aromatic carbocycles. The number of para-hydroxylation sites is 1. The molecule has 0 amide bonds. The van der Waals surface area contributed by atoms with E-state index in [1.807, 2.05) is 54.6 Å². The van der Waals surface area contributed by atoms with Gasteiger partial charge in [0, 0.05) is 22.0 Å². The first-order valence-corrected chi connectivity index (χ1v) is 7.77. The van der Waals surface area contributed by atoms with Crippen molar-refractivity contribution in [2.75, 3.05) is 0 Å². The van der Waals surface area contributed by atoms with E-state index in [2.05, 4.69) is 27.0 Å². The molecule has 0 saturated heterocycles. The first-order valence-electron chi connectivity index (χ1n) is 6.98. The van der Waals surface area contributed by atoms with Crippen molar-refractivity contribution in [2.45, 2.75) is 18.9 Å². The molecule has 21 heavy (non-hydrogen) atoms. The van der Waals surface area contributed by atoms with E-state index in [1.54, 1.807) is 0 Å². The van der Waals surface area contributed by atoms with Crippen LogP contribution in [0.1, 0.15) is 11.3 Å². The number of pyridine rings is 1. The molecule has 1 N–H and O–H groups in total. The Morgan fingerprint density at radius 3 is 2.67 bits per heavy atom. The third-order valence-electron chi connectivity index (χ3n) is 3.46. The molecule has 0 spiro atoms. The number of fused-ring (bicyclic) bond motifs is 1. The summed E-state index contributed by atoms with van der Waals surface area (Å²) in [6, 6.07) is 20.1. The number of halogens is 1. The first-order chi connectivity index (χ1) is 10.2. The highest BCUT2D eigenvalue weighted by atomic mass is 79.9. The summed E-state index contributed by atoms with van der Waals surface area (Å²) < 4.78 is 1.04. The number of hydrogen-bond acceptors (Lipinski definition) is 2. The topological polar surface area (TPSA) is 33.1 Å². The molecule has 3 heteroatoms. The lowest BCUT2D eigenvalue weighted by atomic mass is 10.0. The average Bonchev–Trinajstić information content (AvgIpc) is 2.47. The first kappa shape index (κ1) is 14.2. The smallest absolute Gasteiger partial charge is 0.0705 e. The zero-order chi connectivity index (χ0) is 14.7. The minimum Gasteiger partial charge on any atom is -0.392 e. The van der Waals surface area contributed by atoms with Crippen LogP contribution in [0.15, 0.2) is 65.1 Å². The van der Waals surface area contributed by atoms with Crippen LogP contribution in [0.3, 0.4) is 0 Å². The minimum absolute atomic E-state index is 0.423. The minimum atomic E-state index is -0.423. The number of aliphatic hydroxyl groups is 1. The fraction of sp³-hybridized carbons (Fsp3) is 0.167. The van der Waals surface area contributed by atoms with E-state index in [0.717, 1.165) is 26.6 Å². The second-order valence-corrected chi connectivity index (χ2v) is 6.10.